The molecule has 1 aliphatic carbocycles. The zero-order chi connectivity index (χ0) is 23.8. The van der Waals surface area contributed by atoms with Gasteiger partial charge in [-0.05, 0) is 49.4 Å². The molecule has 5 heterocycles. The molecule has 2 fully saturated rings. The maximum atomic E-state index is 12.3. The molecular weight excluding hydrogens is 464 g/mol. The first-order valence-electron chi connectivity index (χ1n) is 12.1. The first-order valence-corrected chi connectivity index (χ1v) is 13.7. The predicted molar refractivity (Wildman–Crippen MR) is 132 cm³/mol. The Morgan fingerprint density at radius 1 is 1.09 bits per heavy atom. The number of imidazole rings is 1. The van der Waals surface area contributed by atoms with Gasteiger partial charge in [0.1, 0.15) is 11.3 Å². The number of hydrogen-bond donors (Lipinski definition) is 1. The standard InChI is InChI=1S/C24H28N8O2S/c33-35(34)8-2-7-32(35)22-9-20(12-26-13-22)23-17-31(29-28-23)16-21-15-30-14-19(5-6-24(30)27-21)11-25-10-18-3-1-4-18/h5-6,9,12-15,17-18,25H,1-4,7-8,10-11,16H2. The lowest BCUT2D eigenvalue weighted by Crippen LogP contribution is -2.26. The summed E-state index contributed by atoms with van der Waals surface area (Å²) in [5.41, 5.74) is 4.94. The normalized spacial score (nSPS) is 17.8. The summed E-state index contributed by atoms with van der Waals surface area (Å²) >= 11 is 0. The molecule has 0 atom stereocenters. The average Bonchev–Trinajstić information content (AvgIpc) is 3.53. The molecule has 0 aromatic carbocycles. The maximum Gasteiger partial charge on any atom is 0.235 e. The van der Waals surface area contributed by atoms with Crippen molar-refractivity contribution in [1.29, 1.82) is 0 Å². The Morgan fingerprint density at radius 2 is 2.00 bits per heavy atom. The largest absolute Gasteiger partial charge is 0.312 e. The smallest absolute Gasteiger partial charge is 0.235 e. The molecule has 0 bridgehead atoms. The van der Waals surface area contributed by atoms with Crippen LogP contribution in [0.2, 0.25) is 0 Å². The van der Waals surface area contributed by atoms with Crippen LogP contribution in [-0.2, 0) is 23.1 Å². The topological polar surface area (TPSA) is 110 Å². The van der Waals surface area contributed by atoms with Crippen LogP contribution in [0.3, 0.4) is 0 Å². The Balaban J connectivity index is 1.14. The molecule has 2 aliphatic rings. The van der Waals surface area contributed by atoms with E-state index < -0.39 is 10.0 Å². The van der Waals surface area contributed by atoms with Crippen molar-refractivity contribution in [2.75, 3.05) is 23.1 Å². The van der Waals surface area contributed by atoms with Crippen LogP contribution < -0.4 is 9.62 Å². The van der Waals surface area contributed by atoms with Gasteiger partial charge in [-0.3, -0.25) is 9.29 Å². The minimum absolute atomic E-state index is 0.172. The third kappa shape index (κ3) is 4.65. The Bertz CT molecular complexity index is 1460. The lowest BCUT2D eigenvalue weighted by molar-refractivity contribution is 0.301. The van der Waals surface area contributed by atoms with Crippen LogP contribution in [0.15, 0.2) is 49.2 Å². The van der Waals surface area contributed by atoms with Crippen LogP contribution >= 0.6 is 0 Å². The highest BCUT2D eigenvalue weighted by Gasteiger charge is 2.29. The van der Waals surface area contributed by atoms with Crippen molar-refractivity contribution in [2.45, 2.75) is 38.8 Å². The molecule has 6 rings (SSSR count). The van der Waals surface area contributed by atoms with E-state index in [-0.39, 0.29) is 5.75 Å². The highest BCUT2D eigenvalue weighted by Crippen LogP contribution is 2.27. The quantitative estimate of drug-likeness (QED) is 0.402. The lowest BCUT2D eigenvalue weighted by Gasteiger charge is -2.25. The van der Waals surface area contributed by atoms with E-state index in [1.54, 1.807) is 23.1 Å². The van der Waals surface area contributed by atoms with Gasteiger partial charge in [0, 0.05) is 37.2 Å². The second-order valence-electron chi connectivity index (χ2n) is 9.44. The van der Waals surface area contributed by atoms with Crippen molar-refractivity contribution in [1.82, 2.24) is 34.7 Å². The third-order valence-electron chi connectivity index (χ3n) is 6.82. The van der Waals surface area contributed by atoms with Crippen LogP contribution in [0.5, 0.6) is 0 Å². The van der Waals surface area contributed by atoms with Crippen molar-refractivity contribution in [3.63, 3.8) is 0 Å². The lowest BCUT2D eigenvalue weighted by atomic mass is 9.85. The monoisotopic (exact) mass is 492 g/mol. The van der Waals surface area contributed by atoms with E-state index in [1.807, 2.05) is 18.5 Å². The number of rotatable bonds is 8. The molecule has 1 saturated heterocycles. The van der Waals surface area contributed by atoms with Crippen molar-refractivity contribution in [3.05, 3.63) is 60.4 Å². The summed E-state index contributed by atoms with van der Waals surface area (Å²) in [5, 5.41) is 12.1. The number of aromatic nitrogens is 6. The van der Waals surface area contributed by atoms with Gasteiger partial charge in [-0.15, -0.1) is 5.10 Å². The molecule has 0 amide bonds. The van der Waals surface area contributed by atoms with Crippen LogP contribution in [0.4, 0.5) is 5.69 Å². The molecule has 1 N–H and O–H groups in total. The van der Waals surface area contributed by atoms with E-state index in [9.17, 15) is 8.42 Å². The minimum Gasteiger partial charge on any atom is -0.312 e. The van der Waals surface area contributed by atoms with Gasteiger partial charge >= 0.3 is 0 Å². The molecule has 11 heteroatoms. The van der Waals surface area contributed by atoms with Crippen molar-refractivity contribution < 1.29 is 8.42 Å². The third-order valence-corrected chi connectivity index (χ3v) is 8.69. The van der Waals surface area contributed by atoms with Crippen LogP contribution in [0.25, 0.3) is 16.9 Å². The van der Waals surface area contributed by atoms with Gasteiger partial charge in [0.2, 0.25) is 10.0 Å². The summed E-state index contributed by atoms with van der Waals surface area (Å²) in [6.07, 6.45) is 13.9. The fourth-order valence-corrected chi connectivity index (χ4v) is 6.24. The molecule has 35 heavy (non-hydrogen) atoms. The van der Waals surface area contributed by atoms with Gasteiger partial charge in [-0.25, -0.2) is 18.1 Å². The van der Waals surface area contributed by atoms with E-state index in [0.717, 1.165) is 35.9 Å². The Labute approximate surface area is 204 Å². The van der Waals surface area contributed by atoms with Crippen LogP contribution in [-0.4, -0.2) is 56.6 Å². The molecule has 4 aromatic heterocycles. The van der Waals surface area contributed by atoms with Gasteiger partial charge in [0.15, 0.2) is 0 Å². The molecule has 1 aliphatic heterocycles. The molecule has 0 radical (unpaired) electrons. The van der Waals surface area contributed by atoms with E-state index in [1.165, 1.54) is 29.1 Å². The van der Waals surface area contributed by atoms with Crippen molar-refractivity contribution in [2.24, 2.45) is 5.92 Å². The van der Waals surface area contributed by atoms with Crippen molar-refractivity contribution >= 4 is 21.4 Å². The van der Waals surface area contributed by atoms with E-state index >= 15 is 0 Å². The number of sulfonamides is 1. The Morgan fingerprint density at radius 3 is 2.80 bits per heavy atom. The Hall–Kier alpha value is -3.31. The van der Waals surface area contributed by atoms with Gasteiger partial charge in [-0.2, -0.15) is 0 Å². The molecule has 4 aromatic rings. The van der Waals surface area contributed by atoms with Crippen LogP contribution in [0.1, 0.15) is 36.9 Å². The van der Waals surface area contributed by atoms with Gasteiger partial charge < -0.3 is 9.72 Å². The first kappa shape index (κ1) is 22.2. The first-order chi connectivity index (χ1) is 17.0. The summed E-state index contributed by atoms with van der Waals surface area (Å²) in [6, 6.07) is 5.96. The number of pyridine rings is 2. The number of fused-ring (bicyclic) bond motifs is 1. The van der Waals surface area contributed by atoms with Gasteiger partial charge in [0.25, 0.3) is 0 Å². The predicted octanol–water partition coefficient (Wildman–Crippen LogP) is 2.47. The Kier molecular flexibility index (Phi) is 5.73. The average molecular weight is 493 g/mol. The summed E-state index contributed by atoms with van der Waals surface area (Å²) in [6.45, 7) is 2.91. The van der Waals surface area contributed by atoms with E-state index in [4.69, 9.17) is 4.98 Å². The summed E-state index contributed by atoms with van der Waals surface area (Å²) in [7, 11) is -3.26. The number of nitrogens with zero attached hydrogens (tertiary/aromatic N) is 7. The highest BCUT2D eigenvalue weighted by atomic mass is 32.2. The van der Waals surface area contributed by atoms with Crippen LogP contribution in [0, 0.1) is 5.92 Å². The second kappa shape index (κ2) is 9.04. The zero-order valence-electron chi connectivity index (χ0n) is 19.4. The maximum absolute atomic E-state index is 12.3. The van der Waals surface area contributed by atoms with Crippen molar-refractivity contribution in [3.8, 4) is 11.3 Å². The fraction of sp³-hybridized carbons (Fsp3) is 0.417. The van der Waals surface area contributed by atoms with E-state index in [0.29, 0.717) is 30.9 Å². The second-order valence-corrected chi connectivity index (χ2v) is 11.5. The summed E-state index contributed by atoms with van der Waals surface area (Å²) in [4.78, 5) is 8.95. The van der Waals surface area contributed by atoms with E-state index in [2.05, 4.69) is 37.3 Å². The fourth-order valence-electron chi connectivity index (χ4n) is 4.70. The zero-order valence-corrected chi connectivity index (χ0v) is 20.2. The number of hydrogen-bond acceptors (Lipinski definition) is 7. The highest BCUT2D eigenvalue weighted by molar-refractivity contribution is 7.93. The number of anilines is 1. The number of nitrogens with one attached hydrogen (secondary N) is 1. The minimum atomic E-state index is -3.26. The molecule has 0 spiro atoms. The molecule has 182 valence electrons. The summed E-state index contributed by atoms with van der Waals surface area (Å²) < 4.78 is 29.7. The molecule has 1 saturated carbocycles. The molecular formula is C24H28N8O2S. The summed E-state index contributed by atoms with van der Waals surface area (Å²) in [5.74, 6) is 1.02. The van der Waals surface area contributed by atoms with Gasteiger partial charge in [0.05, 0.1) is 36.1 Å². The molecule has 0 unspecified atom stereocenters. The SMILES string of the molecule is O=S1(=O)CCCN1c1cncc(-c2cn(Cc3cn4cc(CNCC5CCC5)ccc4n3)nn2)c1. The molecule has 10 nitrogen and oxygen atoms in total. The van der Waals surface area contributed by atoms with Gasteiger partial charge in [-0.1, -0.05) is 17.7 Å².